The van der Waals surface area contributed by atoms with Crippen molar-refractivity contribution in [1.82, 2.24) is 15.5 Å². The van der Waals surface area contributed by atoms with Gasteiger partial charge in [0.1, 0.15) is 5.60 Å². The summed E-state index contributed by atoms with van der Waals surface area (Å²) in [6, 6.07) is 5.60. The van der Waals surface area contributed by atoms with E-state index in [9.17, 15) is 9.59 Å². The first kappa shape index (κ1) is 17.3. The Morgan fingerprint density at radius 2 is 2.08 bits per heavy atom. The molecule has 7 heteroatoms. The van der Waals surface area contributed by atoms with Gasteiger partial charge in [0.2, 0.25) is 5.91 Å². The first-order valence-electron chi connectivity index (χ1n) is 8.54. The van der Waals surface area contributed by atoms with E-state index in [2.05, 4.69) is 20.8 Å². The molecule has 0 unspecified atom stereocenters. The molecule has 1 aliphatic carbocycles. The van der Waals surface area contributed by atoms with E-state index in [-0.39, 0.29) is 17.9 Å². The highest BCUT2D eigenvalue weighted by atomic mass is 16.6. The van der Waals surface area contributed by atoms with Crippen LogP contribution in [-0.4, -0.2) is 33.8 Å². The van der Waals surface area contributed by atoms with Gasteiger partial charge in [-0.2, -0.15) is 5.10 Å². The quantitative estimate of drug-likeness (QED) is 0.796. The van der Waals surface area contributed by atoms with Gasteiger partial charge in [-0.05, 0) is 58.2 Å². The molecule has 1 saturated carbocycles. The molecule has 2 amide bonds. The maximum Gasteiger partial charge on any atom is 0.407 e. The van der Waals surface area contributed by atoms with Crippen LogP contribution in [0.4, 0.5) is 10.5 Å². The lowest BCUT2D eigenvalue weighted by molar-refractivity contribution is -0.119. The Morgan fingerprint density at radius 3 is 2.84 bits per heavy atom. The number of anilines is 1. The number of hydrogen-bond donors (Lipinski definition) is 3. The second kappa shape index (κ2) is 6.74. The van der Waals surface area contributed by atoms with Gasteiger partial charge in [0, 0.05) is 23.0 Å². The Kier molecular flexibility index (Phi) is 4.65. The first-order chi connectivity index (χ1) is 11.8. The third-order valence-corrected chi connectivity index (χ3v) is 4.23. The molecule has 3 rings (SSSR count). The van der Waals surface area contributed by atoms with E-state index >= 15 is 0 Å². The molecule has 1 aliphatic rings. The molecule has 0 radical (unpaired) electrons. The van der Waals surface area contributed by atoms with Crippen molar-refractivity contribution >= 4 is 28.6 Å². The van der Waals surface area contributed by atoms with Crippen molar-refractivity contribution in [2.75, 3.05) is 5.32 Å². The lowest BCUT2D eigenvalue weighted by atomic mass is 10.1. The predicted molar refractivity (Wildman–Crippen MR) is 95.2 cm³/mol. The van der Waals surface area contributed by atoms with Crippen LogP contribution in [0.1, 0.15) is 40.0 Å². The van der Waals surface area contributed by atoms with Crippen molar-refractivity contribution in [3.05, 3.63) is 24.4 Å². The number of carbonyl (C=O) groups is 2. The fourth-order valence-electron chi connectivity index (χ4n) is 3.09. The number of H-pyrrole nitrogens is 1. The lowest BCUT2D eigenvalue weighted by Gasteiger charge is -2.21. The Hall–Kier alpha value is -2.57. The van der Waals surface area contributed by atoms with Crippen molar-refractivity contribution in [2.45, 2.75) is 51.7 Å². The number of alkyl carbamates (subject to hydrolysis) is 1. The molecule has 2 aromatic rings. The number of fused-ring (bicyclic) bond motifs is 1. The summed E-state index contributed by atoms with van der Waals surface area (Å²) in [6.07, 6.45) is 3.45. The molecule has 1 heterocycles. The second-order valence-corrected chi connectivity index (χ2v) is 7.51. The van der Waals surface area contributed by atoms with Crippen molar-refractivity contribution < 1.29 is 14.3 Å². The van der Waals surface area contributed by atoms with E-state index in [0.717, 1.165) is 29.4 Å². The van der Waals surface area contributed by atoms with Crippen molar-refractivity contribution in [3.63, 3.8) is 0 Å². The number of benzene rings is 1. The van der Waals surface area contributed by atoms with Crippen LogP contribution in [0.15, 0.2) is 24.4 Å². The molecule has 3 N–H and O–H groups in total. The van der Waals surface area contributed by atoms with Crippen molar-refractivity contribution in [3.8, 4) is 0 Å². The fourth-order valence-corrected chi connectivity index (χ4v) is 3.09. The van der Waals surface area contributed by atoms with Gasteiger partial charge in [0.15, 0.2) is 0 Å². The van der Waals surface area contributed by atoms with Crippen molar-refractivity contribution in [2.24, 2.45) is 5.92 Å². The summed E-state index contributed by atoms with van der Waals surface area (Å²) in [5.74, 6) is -0.128. The summed E-state index contributed by atoms with van der Waals surface area (Å²) in [5.41, 5.74) is 1.16. The molecule has 0 spiro atoms. The summed E-state index contributed by atoms with van der Waals surface area (Å²) in [5, 5.41) is 13.6. The van der Waals surface area contributed by atoms with Crippen LogP contribution < -0.4 is 10.6 Å². The molecule has 0 aliphatic heterocycles. The topological polar surface area (TPSA) is 96.1 Å². The number of nitrogens with one attached hydrogen (secondary N) is 3. The number of aromatic nitrogens is 2. The van der Waals surface area contributed by atoms with Crippen LogP contribution in [0.5, 0.6) is 0 Å². The van der Waals surface area contributed by atoms with E-state index in [0.29, 0.717) is 6.42 Å². The minimum absolute atomic E-state index is 0.0173. The predicted octanol–water partition coefficient (Wildman–Crippen LogP) is 3.19. The monoisotopic (exact) mass is 344 g/mol. The molecule has 1 aromatic heterocycles. The van der Waals surface area contributed by atoms with E-state index in [1.54, 1.807) is 6.20 Å². The minimum atomic E-state index is -0.523. The molecule has 2 atom stereocenters. The maximum absolute atomic E-state index is 12.5. The summed E-state index contributed by atoms with van der Waals surface area (Å²) < 4.78 is 5.26. The van der Waals surface area contributed by atoms with Crippen LogP contribution in [0.3, 0.4) is 0 Å². The Labute approximate surface area is 146 Å². The van der Waals surface area contributed by atoms with E-state index in [4.69, 9.17) is 4.74 Å². The van der Waals surface area contributed by atoms with Crippen LogP contribution in [-0.2, 0) is 9.53 Å². The number of aromatic amines is 1. The second-order valence-electron chi connectivity index (χ2n) is 7.51. The van der Waals surface area contributed by atoms with Crippen LogP contribution >= 0.6 is 0 Å². The summed E-state index contributed by atoms with van der Waals surface area (Å²) in [4.78, 5) is 24.3. The number of nitrogens with zero attached hydrogens (tertiary/aromatic N) is 1. The maximum atomic E-state index is 12.5. The van der Waals surface area contributed by atoms with Gasteiger partial charge in [0.25, 0.3) is 0 Å². The normalized spacial score (nSPS) is 20.4. The minimum Gasteiger partial charge on any atom is -0.444 e. The molecule has 134 valence electrons. The number of ether oxygens (including phenoxy) is 1. The first-order valence-corrected chi connectivity index (χ1v) is 8.54. The Balaban J connectivity index is 1.52. The third kappa shape index (κ3) is 4.49. The number of rotatable bonds is 3. The number of hydrogen-bond acceptors (Lipinski definition) is 4. The Bertz CT molecular complexity index is 778. The van der Waals surface area contributed by atoms with E-state index in [1.165, 1.54) is 0 Å². The molecule has 25 heavy (non-hydrogen) atoms. The zero-order valence-electron chi connectivity index (χ0n) is 14.8. The van der Waals surface area contributed by atoms with Gasteiger partial charge < -0.3 is 15.4 Å². The smallest absolute Gasteiger partial charge is 0.407 e. The highest BCUT2D eigenvalue weighted by molar-refractivity contribution is 5.95. The molecule has 0 bridgehead atoms. The fraction of sp³-hybridized carbons (Fsp3) is 0.500. The number of amides is 2. The average molecular weight is 344 g/mol. The highest BCUT2D eigenvalue weighted by Gasteiger charge is 2.31. The van der Waals surface area contributed by atoms with Crippen molar-refractivity contribution in [1.29, 1.82) is 0 Å². The van der Waals surface area contributed by atoms with Gasteiger partial charge in [-0.3, -0.25) is 9.89 Å². The molecular formula is C18H24N4O3. The average Bonchev–Trinajstić information content (AvgIpc) is 3.13. The molecule has 1 aromatic carbocycles. The van der Waals surface area contributed by atoms with E-state index in [1.807, 2.05) is 39.0 Å². The van der Waals surface area contributed by atoms with Gasteiger partial charge in [-0.25, -0.2) is 4.79 Å². The van der Waals surface area contributed by atoms with Crippen LogP contribution in [0.2, 0.25) is 0 Å². The molecule has 7 nitrogen and oxygen atoms in total. The zero-order valence-corrected chi connectivity index (χ0v) is 14.8. The van der Waals surface area contributed by atoms with E-state index < -0.39 is 11.7 Å². The van der Waals surface area contributed by atoms with Gasteiger partial charge in [0.05, 0.1) is 11.7 Å². The summed E-state index contributed by atoms with van der Waals surface area (Å²) in [6.45, 7) is 5.48. The van der Waals surface area contributed by atoms with Gasteiger partial charge in [-0.1, -0.05) is 0 Å². The van der Waals surface area contributed by atoms with Gasteiger partial charge >= 0.3 is 6.09 Å². The summed E-state index contributed by atoms with van der Waals surface area (Å²) in [7, 11) is 0. The van der Waals surface area contributed by atoms with Crippen LogP contribution in [0, 0.1) is 5.92 Å². The summed E-state index contributed by atoms with van der Waals surface area (Å²) >= 11 is 0. The molecule has 0 saturated heterocycles. The zero-order chi connectivity index (χ0) is 18.0. The lowest BCUT2D eigenvalue weighted by Crippen LogP contribution is -2.38. The highest BCUT2D eigenvalue weighted by Crippen LogP contribution is 2.27. The molecule has 1 fully saturated rings. The SMILES string of the molecule is CC(C)(C)OC(=O)N[C@H]1CC[C@H](C(=O)Nc2ccc3[nH]ncc3c2)C1. The largest absolute Gasteiger partial charge is 0.444 e. The molecular weight excluding hydrogens is 320 g/mol. The Morgan fingerprint density at radius 1 is 1.28 bits per heavy atom. The standard InChI is InChI=1S/C18H24N4O3/c1-18(2,3)25-17(24)21-14-5-4-11(8-14)16(23)20-13-6-7-15-12(9-13)10-19-22-15/h6-7,9-11,14H,4-5,8H2,1-3H3,(H,19,22)(H,20,23)(H,21,24)/t11-,14-/m0/s1. The van der Waals surface area contributed by atoms with Gasteiger partial charge in [-0.15, -0.1) is 0 Å². The number of carbonyl (C=O) groups excluding carboxylic acids is 2. The van der Waals surface area contributed by atoms with Crippen LogP contribution in [0.25, 0.3) is 10.9 Å². The third-order valence-electron chi connectivity index (χ3n) is 4.23.